The molecule has 0 unspecified atom stereocenters. The van der Waals surface area contributed by atoms with Crippen molar-refractivity contribution >= 4 is 0 Å². The molecule has 3 aromatic carbocycles. The SMILES string of the molecule is Cc1c(CNC(C)C)ncn1C(c1ccccc1)(c1ccccc1)c1ccccc1. The molecular weight excluding hydrogens is 366 g/mol. The van der Waals surface area contributed by atoms with Crippen molar-refractivity contribution in [3.63, 3.8) is 0 Å². The van der Waals surface area contributed by atoms with Crippen molar-refractivity contribution in [2.24, 2.45) is 0 Å². The predicted octanol–water partition coefficient (Wildman–Crippen LogP) is 5.53. The third-order valence-corrected chi connectivity index (χ3v) is 5.72. The minimum atomic E-state index is -0.503. The first-order valence-corrected chi connectivity index (χ1v) is 10.6. The van der Waals surface area contributed by atoms with Gasteiger partial charge in [0.05, 0.1) is 12.0 Å². The van der Waals surface area contributed by atoms with E-state index in [-0.39, 0.29) is 0 Å². The summed E-state index contributed by atoms with van der Waals surface area (Å²) in [7, 11) is 0. The van der Waals surface area contributed by atoms with E-state index < -0.39 is 5.54 Å². The molecule has 1 heterocycles. The largest absolute Gasteiger partial charge is 0.316 e. The first-order chi connectivity index (χ1) is 14.6. The third-order valence-electron chi connectivity index (χ3n) is 5.72. The summed E-state index contributed by atoms with van der Waals surface area (Å²) < 4.78 is 2.34. The van der Waals surface area contributed by atoms with E-state index in [4.69, 9.17) is 4.98 Å². The minimum absolute atomic E-state index is 0.414. The second kappa shape index (κ2) is 8.68. The molecule has 4 aromatic rings. The lowest BCUT2D eigenvalue weighted by atomic mass is 9.76. The fraction of sp³-hybridized carbons (Fsp3) is 0.222. The molecule has 1 N–H and O–H groups in total. The summed E-state index contributed by atoms with van der Waals surface area (Å²) in [4.78, 5) is 4.83. The van der Waals surface area contributed by atoms with Crippen molar-refractivity contribution in [3.8, 4) is 0 Å². The number of nitrogens with one attached hydrogen (secondary N) is 1. The highest BCUT2D eigenvalue weighted by Crippen LogP contribution is 2.41. The van der Waals surface area contributed by atoms with E-state index in [2.05, 4.69) is 122 Å². The average molecular weight is 396 g/mol. The topological polar surface area (TPSA) is 29.9 Å². The summed E-state index contributed by atoms with van der Waals surface area (Å²) in [5.41, 5.74) is 5.39. The molecular formula is C27H29N3. The van der Waals surface area contributed by atoms with Crippen LogP contribution >= 0.6 is 0 Å². The molecule has 0 spiro atoms. The highest BCUT2D eigenvalue weighted by Gasteiger charge is 2.39. The number of imidazole rings is 1. The van der Waals surface area contributed by atoms with Gasteiger partial charge >= 0.3 is 0 Å². The van der Waals surface area contributed by atoms with Gasteiger partial charge in [-0.3, -0.25) is 0 Å². The van der Waals surface area contributed by atoms with Crippen LogP contribution < -0.4 is 5.32 Å². The highest BCUT2D eigenvalue weighted by atomic mass is 15.1. The number of aromatic nitrogens is 2. The van der Waals surface area contributed by atoms with E-state index in [1.807, 2.05) is 6.33 Å². The fourth-order valence-electron chi connectivity index (χ4n) is 4.21. The Morgan fingerprint density at radius 2 is 1.20 bits per heavy atom. The zero-order chi connectivity index (χ0) is 21.0. The van der Waals surface area contributed by atoms with Crippen molar-refractivity contribution in [2.45, 2.75) is 38.9 Å². The maximum absolute atomic E-state index is 4.83. The maximum Gasteiger partial charge on any atom is 0.121 e. The van der Waals surface area contributed by atoms with E-state index in [0.29, 0.717) is 6.04 Å². The molecule has 0 aliphatic heterocycles. The van der Waals surface area contributed by atoms with Gasteiger partial charge in [0, 0.05) is 18.3 Å². The summed E-state index contributed by atoms with van der Waals surface area (Å²) in [5, 5.41) is 3.51. The molecule has 0 radical (unpaired) electrons. The normalized spacial score (nSPS) is 11.7. The molecule has 0 amide bonds. The van der Waals surface area contributed by atoms with Gasteiger partial charge in [0.1, 0.15) is 5.54 Å². The molecule has 0 fully saturated rings. The lowest BCUT2D eigenvalue weighted by Gasteiger charge is -2.38. The molecule has 0 aliphatic carbocycles. The van der Waals surface area contributed by atoms with Crippen LogP contribution in [0.4, 0.5) is 0 Å². The van der Waals surface area contributed by atoms with Crippen LogP contribution in [0.15, 0.2) is 97.3 Å². The number of benzene rings is 3. The van der Waals surface area contributed by atoms with Gasteiger partial charge in [-0.25, -0.2) is 4.98 Å². The van der Waals surface area contributed by atoms with E-state index in [9.17, 15) is 0 Å². The van der Waals surface area contributed by atoms with Gasteiger partial charge in [-0.2, -0.15) is 0 Å². The van der Waals surface area contributed by atoms with Crippen LogP contribution in [0, 0.1) is 6.92 Å². The smallest absolute Gasteiger partial charge is 0.121 e. The molecule has 30 heavy (non-hydrogen) atoms. The Kier molecular flexibility index (Phi) is 5.82. The fourth-order valence-corrected chi connectivity index (χ4v) is 4.21. The van der Waals surface area contributed by atoms with Crippen LogP contribution in [0.5, 0.6) is 0 Å². The molecule has 1 aromatic heterocycles. The first kappa shape index (κ1) is 20.1. The van der Waals surface area contributed by atoms with Gasteiger partial charge in [0.25, 0.3) is 0 Å². The summed E-state index contributed by atoms with van der Waals surface area (Å²) >= 11 is 0. The monoisotopic (exact) mass is 395 g/mol. The Morgan fingerprint density at radius 3 is 1.60 bits per heavy atom. The van der Waals surface area contributed by atoms with Crippen molar-refractivity contribution in [3.05, 3.63) is 125 Å². The molecule has 0 saturated carbocycles. The van der Waals surface area contributed by atoms with Crippen molar-refractivity contribution in [2.75, 3.05) is 0 Å². The van der Waals surface area contributed by atoms with Gasteiger partial charge < -0.3 is 9.88 Å². The third kappa shape index (κ3) is 3.57. The van der Waals surface area contributed by atoms with Crippen LogP contribution in [0.25, 0.3) is 0 Å². The van der Waals surface area contributed by atoms with Crippen LogP contribution in [0.1, 0.15) is 41.9 Å². The summed E-state index contributed by atoms with van der Waals surface area (Å²) in [6.45, 7) is 7.25. The van der Waals surface area contributed by atoms with Crippen LogP contribution in [-0.2, 0) is 12.1 Å². The van der Waals surface area contributed by atoms with E-state index in [1.165, 1.54) is 22.4 Å². The molecule has 0 aliphatic rings. The molecule has 3 nitrogen and oxygen atoms in total. The minimum Gasteiger partial charge on any atom is -0.316 e. The Labute approximate surface area is 179 Å². The molecule has 0 atom stereocenters. The quantitative estimate of drug-likeness (QED) is 0.417. The number of rotatable bonds is 7. The Balaban J connectivity index is 2.02. The van der Waals surface area contributed by atoms with Crippen molar-refractivity contribution in [1.82, 2.24) is 14.9 Å². The molecule has 3 heteroatoms. The number of hydrogen-bond acceptors (Lipinski definition) is 2. The van der Waals surface area contributed by atoms with Crippen LogP contribution in [-0.4, -0.2) is 15.6 Å². The summed E-state index contributed by atoms with van der Waals surface area (Å²) in [6, 6.07) is 32.6. The number of hydrogen-bond donors (Lipinski definition) is 1. The van der Waals surface area contributed by atoms with Gasteiger partial charge in [0.2, 0.25) is 0 Å². The number of nitrogens with zero attached hydrogens (tertiary/aromatic N) is 2. The average Bonchev–Trinajstić information content (AvgIpc) is 3.16. The predicted molar refractivity (Wildman–Crippen MR) is 124 cm³/mol. The summed E-state index contributed by atoms with van der Waals surface area (Å²) in [5.74, 6) is 0. The van der Waals surface area contributed by atoms with Gasteiger partial charge in [0.15, 0.2) is 0 Å². The zero-order valence-electron chi connectivity index (χ0n) is 17.9. The Hall–Kier alpha value is -3.17. The van der Waals surface area contributed by atoms with E-state index in [0.717, 1.165) is 12.2 Å². The second-order valence-corrected chi connectivity index (χ2v) is 7.99. The molecule has 152 valence electrons. The zero-order valence-corrected chi connectivity index (χ0v) is 17.9. The van der Waals surface area contributed by atoms with Crippen LogP contribution in [0.3, 0.4) is 0 Å². The van der Waals surface area contributed by atoms with Crippen molar-refractivity contribution < 1.29 is 0 Å². The van der Waals surface area contributed by atoms with Crippen LogP contribution in [0.2, 0.25) is 0 Å². The maximum atomic E-state index is 4.83. The molecule has 0 bridgehead atoms. The van der Waals surface area contributed by atoms with E-state index >= 15 is 0 Å². The molecule has 4 rings (SSSR count). The first-order valence-electron chi connectivity index (χ1n) is 10.6. The van der Waals surface area contributed by atoms with Gasteiger partial charge in [-0.05, 0) is 23.6 Å². The van der Waals surface area contributed by atoms with E-state index in [1.54, 1.807) is 0 Å². The lowest BCUT2D eigenvalue weighted by Crippen LogP contribution is -2.38. The highest BCUT2D eigenvalue weighted by molar-refractivity contribution is 5.51. The van der Waals surface area contributed by atoms with Gasteiger partial charge in [-0.15, -0.1) is 0 Å². The second-order valence-electron chi connectivity index (χ2n) is 7.99. The van der Waals surface area contributed by atoms with Crippen molar-refractivity contribution in [1.29, 1.82) is 0 Å². The standard InChI is InChI=1S/C27H29N3/c1-21(2)28-19-26-22(3)30(20-29-26)27(23-13-7-4-8-14-23,24-15-9-5-10-16-24)25-17-11-6-12-18-25/h4-18,20-21,28H,19H2,1-3H3. The lowest BCUT2D eigenvalue weighted by molar-refractivity contribution is 0.501. The molecule has 0 saturated heterocycles. The Bertz CT molecular complexity index is 970. The van der Waals surface area contributed by atoms with Gasteiger partial charge in [-0.1, -0.05) is 105 Å². The summed E-state index contributed by atoms with van der Waals surface area (Å²) in [6.07, 6.45) is 2.00. The Morgan fingerprint density at radius 1 is 0.767 bits per heavy atom.